The molecule has 31 heavy (non-hydrogen) atoms. The van der Waals surface area contributed by atoms with Crippen molar-refractivity contribution in [1.29, 1.82) is 0 Å². The van der Waals surface area contributed by atoms with Gasteiger partial charge in [-0.3, -0.25) is 9.59 Å². The Morgan fingerprint density at radius 2 is 1.48 bits per heavy atom. The zero-order chi connectivity index (χ0) is 21.8. The first-order valence-electron chi connectivity index (χ1n) is 10.6. The van der Waals surface area contributed by atoms with Gasteiger partial charge in [0.05, 0.1) is 25.3 Å². The topological polar surface area (TPSA) is 75.2 Å². The molecule has 2 amide bonds. The van der Waals surface area contributed by atoms with Gasteiger partial charge < -0.3 is 24.2 Å². The van der Waals surface area contributed by atoms with Crippen molar-refractivity contribution in [3.8, 4) is 11.5 Å². The Balaban J connectivity index is 1.43. The SMILES string of the molecule is COc1ccc(C(=O)N2CCN(C(=O)c3cccnc3N3CCCC3)CC2)c(OC)c1. The first-order valence-corrected chi connectivity index (χ1v) is 10.6. The molecular weight excluding hydrogens is 396 g/mol. The van der Waals surface area contributed by atoms with Gasteiger partial charge in [-0.15, -0.1) is 0 Å². The number of ether oxygens (including phenoxy) is 2. The van der Waals surface area contributed by atoms with E-state index in [0.717, 1.165) is 31.7 Å². The van der Waals surface area contributed by atoms with Crippen molar-refractivity contribution in [3.05, 3.63) is 47.7 Å². The number of pyridine rings is 1. The molecule has 3 heterocycles. The van der Waals surface area contributed by atoms with Crippen molar-refractivity contribution in [2.45, 2.75) is 12.8 Å². The average molecular weight is 425 g/mol. The molecule has 2 aliphatic heterocycles. The Bertz CT molecular complexity index is 950. The molecule has 2 aliphatic rings. The highest BCUT2D eigenvalue weighted by Gasteiger charge is 2.29. The number of amides is 2. The van der Waals surface area contributed by atoms with Crippen LogP contribution in [0.2, 0.25) is 0 Å². The van der Waals surface area contributed by atoms with Crippen LogP contribution in [0.5, 0.6) is 11.5 Å². The Morgan fingerprint density at radius 3 is 2.10 bits per heavy atom. The summed E-state index contributed by atoms with van der Waals surface area (Å²) in [4.78, 5) is 36.5. The van der Waals surface area contributed by atoms with E-state index in [1.165, 1.54) is 7.11 Å². The number of benzene rings is 1. The Kier molecular flexibility index (Phi) is 6.25. The maximum atomic E-state index is 13.2. The largest absolute Gasteiger partial charge is 0.497 e. The van der Waals surface area contributed by atoms with Crippen LogP contribution < -0.4 is 14.4 Å². The van der Waals surface area contributed by atoms with E-state index in [1.807, 2.05) is 17.0 Å². The van der Waals surface area contributed by atoms with Crippen molar-refractivity contribution in [1.82, 2.24) is 14.8 Å². The van der Waals surface area contributed by atoms with Crippen LogP contribution in [-0.2, 0) is 0 Å². The van der Waals surface area contributed by atoms with Gasteiger partial charge in [-0.1, -0.05) is 0 Å². The van der Waals surface area contributed by atoms with E-state index < -0.39 is 0 Å². The van der Waals surface area contributed by atoms with Crippen molar-refractivity contribution in [2.75, 3.05) is 58.4 Å². The third kappa shape index (κ3) is 4.28. The standard InChI is InChI=1S/C23H28N4O4/c1-30-17-7-8-18(20(16-17)31-2)22(28)26-12-14-27(15-13-26)23(29)19-6-5-9-24-21(19)25-10-3-4-11-25/h5-9,16H,3-4,10-15H2,1-2H3. The lowest BCUT2D eigenvalue weighted by Crippen LogP contribution is -2.50. The van der Waals surface area contributed by atoms with Gasteiger partial charge in [-0.05, 0) is 37.1 Å². The fourth-order valence-electron chi connectivity index (χ4n) is 4.17. The summed E-state index contributed by atoms with van der Waals surface area (Å²) in [6, 6.07) is 8.83. The summed E-state index contributed by atoms with van der Waals surface area (Å²) < 4.78 is 10.6. The highest BCUT2D eigenvalue weighted by Crippen LogP contribution is 2.27. The van der Waals surface area contributed by atoms with Crippen LogP contribution in [0.25, 0.3) is 0 Å². The van der Waals surface area contributed by atoms with Crippen molar-refractivity contribution in [2.24, 2.45) is 0 Å². The molecule has 0 atom stereocenters. The van der Waals surface area contributed by atoms with Gasteiger partial charge in [0.1, 0.15) is 17.3 Å². The minimum absolute atomic E-state index is 0.0240. The fraction of sp³-hybridized carbons (Fsp3) is 0.435. The van der Waals surface area contributed by atoms with Gasteiger partial charge in [0, 0.05) is 51.5 Å². The summed E-state index contributed by atoms with van der Waals surface area (Å²) in [7, 11) is 3.11. The molecule has 0 radical (unpaired) electrons. The van der Waals surface area contributed by atoms with Crippen LogP contribution in [0.1, 0.15) is 33.6 Å². The predicted octanol–water partition coefficient (Wildman–Crippen LogP) is 2.30. The van der Waals surface area contributed by atoms with Gasteiger partial charge >= 0.3 is 0 Å². The van der Waals surface area contributed by atoms with Crippen LogP contribution in [0, 0.1) is 0 Å². The van der Waals surface area contributed by atoms with E-state index in [9.17, 15) is 9.59 Å². The summed E-state index contributed by atoms with van der Waals surface area (Å²) >= 11 is 0. The zero-order valence-electron chi connectivity index (χ0n) is 18.0. The van der Waals surface area contributed by atoms with E-state index in [4.69, 9.17) is 9.47 Å². The first-order chi connectivity index (χ1) is 15.1. The number of hydrogen-bond donors (Lipinski definition) is 0. The maximum absolute atomic E-state index is 13.2. The molecule has 2 aromatic rings. The van der Waals surface area contributed by atoms with Gasteiger partial charge in [-0.25, -0.2) is 4.98 Å². The number of aromatic nitrogens is 1. The second-order valence-corrected chi connectivity index (χ2v) is 7.72. The quantitative estimate of drug-likeness (QED) is 0.733. The number of methoxy groups -OCH3 is 2. The highest BCUT2D eigenvalue weighted by atomic mass is 16.5. The van der Waals surface area contributed by atoms with E-state index >= 15 is 0 Å². The Hall–Kier alpha value is -3.29. The summed E-state index contributed by atoms with van der Waals surface area (Å²) in [5.41, 5.74) is 1.13. The maximum Gasteiger partial charge on any atom is 0.257 e. The molecule has 4 rings (SSSR count). The third-order valence-electron chi connectivity index (χ3n) is 5.92. The van der Waals surface area contributed by atoms with E-state index in [0.29, 0.717) is 48.8 Å². The van der Waals surface area contributed by atoms with Crippen LogP contribution in [-0.4, -0.2) is 80.1 Å². The van der Waals surface area contributed by atoms with E-state index in [1.54, 1.807) is 36.4 Å². The molecule has 0 saturated carbocycles. The van der Waals surface area contributed by atoms with Crippen molar-refractivity contribution < 1.29 is 19.1 Å². The molecule has 2 saturated heterocycles. The molecule has 8 nitrogen and oxygen atoms in total. The summed E-state index contributed by atoms with van der Waals surface area (Å²) in [6.07, 6.45) is 3.99. The van der Waals surface area contributed by atoms with E-state index in [-0.39, 0.29) is 11.8 Å². The second kappa shape index (κ2) is 9.24. The summed E-state index contributed by atoms with van der Waals surface area (Å²) in [5.74, 6) is 1.75. The number of hydrogen-bond acceptors (Lipinski definition) is 6. The van der Waals surface area contributed by atoms with Crippen LogP contribution in [0.3, 0.4) is 0 Å². The third-order valence-corrected chi connectivity index (χ3v) is 5.92. The normalized spacial score (nSPS) is 16.4. The summed E-state index contributed by atoms with van der Waals surface area (Å²) in [6.45, 7) is 3.78. The van der Waals surface area contributed by atoms with Gasteiger partial charge in [0.25, 0.3) is 11.8 Å². The zero-order valence-corrected chi connectivity index (χ0v) is 18.0. The molecule has 8 heteroatoms. The van der Waals surface area contributed by atoms with Gasteiger partial charge in [0.15, 0.2) is 0 Å². The molecule has 0 aliphatic carbocycles. The Morgan fingerprint density at radius 1 is 0.839 bits per heavy atom. The second-order valence-electron chi connectivity index (χ2n) is 7.72. The smallest absolute Gasteiger partial charge is 0.257 e. The lowest BCUT2D eigenvalue weighted by Gasteiger charge is -2.35. The van der Waals surface area contributed by atoms with Crippen molar-refractivity contribution in [3.63, 3.8) is 0 Å². The lowest BCUT2D eigenvalue weighted by molar-refractivity contribution is 0.0533. The molecule has 0 N–H and O–H groups in total. The van der Waals surface area contributed by atoms with Gasteiger partial charge in [-0.2, -0.15) is 0 Å². The van der Waals surface area contributed by atoms with Crippen LogP contribution in [0.4, 0.5) is 5.82 Å². The number of carbonyl (C=O) groups is 2. The predicted molar refractivity (Wildman–Crippen MR) is 117 cm³/mol. The van der Waals surface area contributed by atoms with Gasteiger partial charge in [0.2, 0.25) is 0 Å². The van der Waals surface area contributed by atoms with Crippen LogP contribution >= 0.6 is 0 Å². The van der Waals surface area contributed by atoms with Crippen molar-refractivity contribution >= 4 is 17.6 Å². The van der Waals surface area contributed by atoms with Crippen LogP contribution in [0.15, 0.2) is 36.5 Å². The highest BCUT2D eigenvalue weighted by molar-refractivity contribution is 6.00. The molecule has 0 unspecified atom stereocenters. The molecular formula is C23H28N4O4. The molecule has 2 fully saturated rings. The molecule has 1 aromatic carbocycles. The average Bonchev–Trinajstić information content (AvgIpc) is 3.37. The molecule has 0 spiro atoms. The summed E-state index contributed by atoms with van der Waals surface area (Å²) in [5, 5.41) is 0. The number of anilines is 1. The first kappa shape index (κ1) is 21.0. The van der Waals surface area contributed by atoms with E-state index in [2.05, 4.69) is 9.88 Å². The molecule has 164 valence electrons. The number of carbonyl (C=O) groups excluding carboxylic acids is 2. The molecule has 0 bridgehead atoms. The lowest BCUT2D eigenvalue weighted by atomic mass is 10.1. The number of rotatable bonds is 5. The number of nitrogens with zero attached hydrogens (tertiary/aromatic N) is 4. The monoisotopic (exact) mass is 424 g/mol. The molecule has 1 aromatic heterocycles. The number of piperazine rings is 1. The fourth-order valence-corrected chi connectivity index (χ4v) is 4.17. The Labute approximate surface area is 182 Å². The minimum atomic E-state index is -0.106. The minimum Gasteiger partial charge on any atom is -0.497 e.